The molecule has 1 aromatic heterocycles. The summed E-state index contributed by atoms with van der Waals surface area (Å²) in [5, 5.41) is 9.04. The van der Waals surface area contributed by atoms with Gasteiger partial charge in [0.2, 0.25) is 0 Å². The molecule has 1 aromatic carbocycles. The lowest BCUT2D eigenvalue weighted by Crippen LogP contribution is -2.27. The third-order valence-corrected chi connectivity index (χ3v) is 2.57. The van der Waals surface area contributed by atoms with Gasteiger partial charge in [0, 0.05) is 5.39 Å². The first-order valence-corrected chi connectivity index (χ1v) is 5.22. The van der Waals surface area contributed by atoms with Crippen LogP contribution in [0.1, 0.15) is 10.4 Å². The van der Waals surface area contributed by atoms with E-state index in [1.165, 1.54) is 24.3 Å². The van der Waals surface area contributed by atoms with Crippen molar-refractivity contribution in [3.05, 3.63) is 35.6 Å². The van der Waals surface area contributed by atoms with E-state index in [0.717, 1.165) is 6.07 Å². The molecule has 0 fully saturated rings. The molecular formula is C12H11F2NO3. The second kappa shape index (κ2) is 4.83. The quantitative estimate of drug-likeness (QED) is 0.668. The van der Waals surface area contributed by atoms with Crippen molar-refractivity contribution < 1.29 is 23.1 Å². The largest absolute Gasteiger partial charge is 0.461 e. The van der Waals surface area contributed by atoms with E-state index in [4.69, 9.17) is 9.52 Å². The molecule has 0 atom stereocenters. The van der Waals surface area contributed by atoms with Gasteiger partial charge >= 0.3 is 0 Å². The molecule has 0 saturated carbocycles. The molecule has 0 bridgehead atoms. The molecule has 1 N–H and O–H groups in total. The van der Waals surface area contributed by atoms with Gasteiger partial charge in [-0.1, -0.05) is 0 Å². The lowest BCUT2D eigenvalue weighted by Gasteiger charge is -2.12. The second-order valence-corrected chi connectivity index (χ2v) is 3.97. The van der Waals surface area contributed by atoms with Crippen molar-refractivity contribution in [1.82, 2.24) is 4.90 Å². The Kier molecular flexibility index (Phi) is 3.40. The maximum atomic E-state index is 13.9. The molecule has 0 spiro atoms. The van der Waals surface area contributed by atoms with Crippen molar-refractivity contribution in [2.75, 3.05) is 20.3 Å². The van der Waals surface area contributed by atoms with E-state index in [-0.39, 0.29) is 24.2 Å². The fraction of sp³-hybridized carbons (Fsp3) is 0.250. The Labute approximate surface area is 101 Å². The number of nitrogens with zero attached hydrogens (tertiary/aromatic N) is 1. The van der Waals surface area contributed by atoms with Crippen LogP contribution in [0.2, 0.25) is 0 Å². The van der Waals surface area contributed by atoms with Gasteiger partial charge in [-0.15, -0.1) is 0 Å². The van der Waals surface area contributed by atoms with Crippen molar-refractivity contribution in [1.29, 1.82) is 0 Å². The number of hydrogen-bond acceptors (Lipinski definition) is 4. The highest BCUT2D eigenvalue weighted by atomic mass is 19.1. The summed E-state index contributed by atoms with van der Waals surface area (Å²) in [4.78, 5) is 13.0. The van der Waals surface area contributed by atoms with Crippen LogP contribution in [0.3, 0.4) is 0 Å². The van der Waals surface area contributed by atoms with Crippen molar-refractivity contribution in [2.45, 2.75) is 0 Å². The van der Waals surface area contributed by atoms with E-state index in [1.807, 2.05) is 0 Å². The van der Waals surface area contributed by atoms with E-state index in [1.54, 1.807) is 0 Å². The Morgan fingerprint density at radius 3 is 2.89 bits per heavy atom. The summed E-state index contributed by atoms with van der Waals surface area (Å²) < 4.78 is 32.5. The minimum Gasteiger partial charge on any atom is -0.461 e. The Balaban J connectivity index is 2.46. The predicted molar refractivity (Wildman–Crippen MR) is 60.2 cm³/mol. The van der Waals surface area contributed by atoms with Gasteiger partial charge in [0.1, 0.15) is 5.82 Å². The van der Waals surface area contributed by atoms with E-state index < -0.39 is 23.0 Å². The third-order valence-electron chi connectivity index (χ3n) is 2.57. The second-order valence-electron chi connectivity index (χ2n) is 3.97. The molecule has 0 radical (unpaired) electrons. The van der Waals surface area contributed by atoms with Crippen LogP contribution in [0.5, 0.6) is 0 Å². The highest BCUT2D eigenvalue weighted by molar-refractivity contribution is 6.01. The first-order valence-electron chi connectivity index (χ1n) is 5.22. The van der Waals surface area contributed by atoms with Gasteiger partial charge in [0.25, 0.3) is 0 Å². The molecule has 96 valence electrons. The normalized spacial score (nSPS) is 11.4. The molecule has 2 rings (SSSR count). The molecule has 1 heterocycles. The fourth-order valence-electron chi connectivity index (χ4n) is 1.67. The van der Waals surface area contributed by atoms with Gasteiger partial charge in [-0.25, -0.2) is 8.78 Å². The van der Waals surface area contributed by atoms with Crippen LogP contribution in [-0.2, 0) is 0 Å². The number of fused-ring (bicyclic) bond motifs is 1. The zero-order chi connectivity index (χ0) is 13.3. The molecule has 0 aliphatic rings. The SMILES string of the molecule is CN(CO)CC(=O)c1c(F)cc2ccoc2c1F. The summed E-state index contributed by atoms with van der Waals surface area (Å²) in [5.41, 5.74) is -0.788. The standard InChI is InChI=1S/C12H11F2NO3/c1-15(6-16)5-9(17)10-8(13)4-7-2-3-18-12(7)11(10)14/h2-4,16H,5-6H2,1H3. The average molecular weight is 255 g/mol. The zero-order valence-electron chi connectivity index (χ0n) is 9.61. The van der Waals surface area contributed by atoms with Crippen molar-refractivity contribution in [2.24, 2.45) is 0 Å². The minimum absolute atomic E-state index is 0.147. The van der Waals surface area contributed by atoms with Gasteiger partial charge in [0.05, 0.1) is 25.1 Å². The van der Waals surface area contributed by atoms with Gasteiger partial charge in [-0.3, -0.25) is 9.69 Å². The fourth-order valence-corrected chi connectivity index (χ4v) is 1.67. The Morgan fingerprint density at radius 1 is 1.50 bits per heavy atom. The van der Waals surface area contributed by atoms with Gasteiger partial charge in [0.15, 0.2) is 17.2 Å². The smallest absolute Gasteiger partial charge is 0.182 e. The molecule has 0 saturated heterocycles. The van der Waals surface area contributed by atoms with E-state index in [2.05, 4.69) is 0 Å². The Morgan fingerprint density at radius 2 is 2.22 bits per heavy atom. The molecule has 4 nitrogen and oxygen atoms in total. The average Bonchev–Trinajstić information content (AvgIpc) is 2.76. The molecule has 0 aliphatic heterocycles. The number of halogens is 2. The summed E-state index contributed by atoms with van der Waals surface area (Å²) in [6, 6.07) is 2.46. The number of benzene rings is 1. The summed E-state index contributed by atoms with van der Waals surface area (Å²) in [6.07, 6.45) is 1.22. The molecule has 0 amide bonds. The topological polar surface area (TPSA) is 53.7 Å². The first-order chi connectivity index (χ1) is 8.54. The number of aliphatic hydroxyl groups is 1. The monoisotopic (exact) mass is 255 g/mol. The number of furan rings is 1. The lowest BCUT2D eigenvalue weighted by atomic mass is 10.1. The van der Waals surface area contributed by atoms with Crippen molar-refractivity contribution in [3.8, 4) is 0 Å². The maximum absolute atomic E-state index is 13.9. The number of carbonyl (C=O) groups excluding carboxylic acids is 1. The summed E-state index contributed by atoms with van der Waals surface area (Å²) in [5.74, 6) is -2.69. The number of carbonyl (C=O) groups is 1. The number of hydrogen-bond donors (Lipinski definition) is 1. The van der Waals surface area contributed by atoms with Crippen LogP contribution in [0.4, 0.5) is 8.78 Å². The van der Waals surface area contributed by atoms with Crippen LogP contribution in [0.15, 0.2) is 22.8 Å². The maximum Gasteiger partial charge on any atom is 0.182 e. The first kappa shape index (κ1) is 12.7. The van der Waals surface area contributed by atoms with Gasteiger partial charge in [-0.2, -0.15) is 0 Å². The highest BCUT2D eigenvalue weighted by Gasteiger charge is 2.22. The molecule has 0 aliphatic carbocycles. The van der Waals surface area contributed by atoms with E-state index >= 15 is 0 Å². The highest BCUT2D eigenvalue weighted by Crippen LogP contribution is 2.25. The number of rotatable bonds is 4. The van der Waals surface area contributed by atoms with E-state index in [9.17, 15) is 13.6 Å². The summed E-state index contributed by atoms with van der Waals surface area (Å²) >= 11 is 0. The number of Topliss-reactive ketones (excluding diaryl/α,β-unsaturated/α-hetero) is 1. The minimum atomic E-state index is -1.01. The van der Waals surface area contributed by atoms with Crippen molar-refractivity contribution >= 4 is 16.8 Å². The van der Waals surface area contributed by atoms with Crippen LogP contribution < -0.4 is 0 Å². The Bertz CT molecular complexity index is 594. The molecule has 2 aromatic rings. The van der Waals surface area contributed by atoms with Gasteiger partial charge < -0.3 is 9.52 Å². The predicted octanol–water partition coefficient (Wildman–Crippen LogP) is 1.78. The Hall–Kier alpha value is -1.79. The molecule has 0 unspecified atom stereocenters. The number of ketones is 1. The van der Waals surface area contributed by atoms with Gasteiger partial charge in [-0.05, 0) is 19.2 Å². The third kappa shape index (κ3) is 2.12. The summed E-state index contributed by atoms with van der Waals surface area (Å²) in [7, 11) is 1.46. The number of likely N-dealkylation sites (N-methyl/N-ethyl adjacent to an activating group) is 1. The molecule has 6 heteroatoms. The lowest BCUT2D eigenvalue weighted by molar-refractivity contribution is 0.0836. The van der Waals surface area contributed by atoms with Crippen molar-refractivity contribution in [3.63, 3.8) is 0 Å². The van der Waals surface area contributed by atoms with Crippen LogP contribution in [0, 0.1) is 11.6 Å². The van der Waals surface area contributed by atoms with Crippen LogP contribution in [0.25, 0.3) is 11.0 Å². The van der Waals surface area contributed by atoms with Crippen LogP contribution in [-0.4, -0.2) is 36.1 Å². The summed E-state index contributed by atoms with van der Waals surface area (Å²) in [6.45, 7) is -0.658. The molecule has 18 heavy (non-hydrogen) atoms. The number of aliphatic hydroxyl groups excluding tert-OH is 1. The van der Waals surface area contributed by atoms with E-state index in [0.29, 0.717) is 0 Å². The zero-order valence-corrected chi connectivity index (χ0v) is 9.61. The van der Waals surface area contributed by atoms with Crippen LogP contribution >= 0.6 is 0 Å². The molecular weight excluding hydrogens is 244 g/mol.